The second kappa shape index (κ2) is 6.79. The highest BCUT2D eigenvalue weighted by Crippen LogP contribution is 2.12. The summed E-state index contributed by atoms with van der Waals surface area (Å²) < 4.78 is 27.1. The van der Waals surface area contributed by atoms with Crippen LogP contribution in [0.5, 0.6) is 0 Å². The zero-order valence-electron chi connectivity index (χ0n) is 11.8. The number of hydrogen-bond donors (Lipinski definition) is 2. The number of nitrogens with zero attached hydrogens (tertiary/aromatic N) is 2. The molecular formula is C14H14F2N4O2. The van der Waals surface area contributed by atoms with Crippen molar-refractivity contribution >= 4 is 11.7 Å². The maximum absolute atomic E-state index is 13.0. The topological polar surface area (TPSA) is 76.0 Å². The number of carbonyl (C=O) groups excluding carboxylic acids is 1. The van der Waals surface area contributed by atoms with Gasteiger partial charge >= 0.3 is 6.03 Å². The van der Waals surface area contributed by atoms with Crippen molar-refractivity contribution in [3.05, 3.63) is 58.3 Å². The number of carbonyl (C=O) groups is 1. The molecule has 8 heteroatoms. The summed E-state index contributed by atoms with van der Waals surface area (Å²) >= 11 is 0. The Kier molecular flexibility index (Phi) is 4.82. The van der Waals surface area contributed by atoms with Gasteiger partial charge in [0.1, 0.15) is 0 Å². The molecule has 0 atom stereocenters. The van der Waals surface area contributed by atoms with E-state index in [-0.39, 0.29) is 24.3 Å². The van der Waals surface area contributed by atoms with Gasteiger partial charge in [-0.3, -0.25) is 9.36 Å². The van der Waals surface area contributed by atoms with Gasteiger partial charge in [0, 0.05) is 36.6 Å². The summed E-state index contributed by atoms with van der Waals surface area (Å²) in [4.78, 5) is 27.2. The van der Waals surface area contributed by atoms with Crippen LogP contribution in [0.4, 0.5) is 19.3 Å². The lowest BCUT2D eigenvalue weighted by molar-refractivity contribution is 0.251. The van der Waals surface area contributed by atoms with Gasteiger partial charge < -0.3 is 10.6 Å². The average molecular weight is 308 g/mol. The molecule has 0 spiro atoms. The van der Waals surface area contributed by atoms with E-state index in [1.165, 1.54) is 23.2 Å². The van der Waals surface area contributed by atoms with Crippen LogP contribution >= 0.6 is 0 Å². The van der Waals surface area contributed by atoms with E-state index in [2.05, 4.69) is 15.6 Å². The van der Waals surface area contributed by atoms with Gasteiger partial charge in [-0.15, -0.1) is 0 Å². The number of benzene rings is 1. The molecule has 22 heavy (non-hydrogen) atoms. The molecule has 2 aromatic rings. The minimum atomic E-state index is -1.05. The summed E-state index contributed by atoms with van der Waals surface area (Å²) in [7, 11) is 0. The number of amides is 2. The minimum Gasteiger partial charge on any atom is -0.336 e. The summed E-state index contributed by atoms with van der Waals surface area (Å²) in [5, 5.41) is 4.87. The first-order valence-electron chi connectivity index (χ1n) is 6.48. The number of rotatable bonds is 4. The highest BCUT2D eigenvalue weighted by molar-refractivity contribution is 5.89. The number of nitrogens with one attached hydrogen (secondary N) is 2. The summed E-state index contributed by atoms with van der Waals surface area (Å²) in [6, 6.07) is 2.46. The van der Waals surface area contributed by atoms with E-state index in [1.807, 2.05) is 0 Å². The quantitative estimate of drug-likeness (QED) is 0.902. The molecule has 0 aliphatic rings. The summed E-state index contributed by atoms with van der Waals surface area (Å²) in [5.74, 6) is -2.03. The van der Waals surface area contributed by atoms with E-state index in [0.29, 0.717) is 5.56 Å². The van der Waals surface area contributed by atoms with E-state index in [4.69, 9.17) is 0 Å². The number of aryl methyl sites for hydroxylation is 1. The van der Waals surface area contributed by atoms with Crippen LogP contribution in [-0.2, 0) is 6.54 Å². The van der Waals surface area contributed by atoms with Gasteiger partial charge in [-0.2, -0.15) is 0 Å². The fourth-order valence-electron chi connectivity index (χ4n) is 1.76. The molecule has 0 radical (unpaired) electrons. The Labute approximate surface area is 124 Å². The second-order valence-corrected chi connectivity index (χ2v) is 4.58. The van der Waals surface area contributed by atoms with E-state index >= 15 is 0 Å². The second-order valence-electron chi connectivity index (χ2n) is 4.58. The first-order valence-corrected chi connectivity index (χ1v) is 6.48. The van der Waals surface area contributed by atoms with Crippen molar-refractivity contribution < 1.29 is 13.6 Å². The number of urea groups is 1. The summed E-state index contributed by atoms with van der Waals surface area (Å²) in [6.45, 7) is 2.08. The molecule has 2 rings (SSSR count). The molecule has 0 fully saturated rings. The van der Waals surface area contributed by atoms with Gasteiger partial charge in [0.15, 0.2) is 11.6 Å². The van der Waals surface area contributed by atoms with Crippen LogP contribution in [-0.4, -0.2) is 22.1 Å². The molecule has 2 N–H and O–H groups in total. The van der Waals surface area contributed by atoms with Crippen molar-refractivity contribution in [2.45, 2.75) is 13.5 Å². The normalized spacial score (nSPS) is 10.3. The Morgan fingerprint density at radius 3 is 2.82 bits per heavy atom. The van der Waals surface area contributed by atoms with Gasteiger partial charge in [-0.25, -0.2) is 18.6 Å². The third-order valence-electron chi connectivity index (χ3n) is 2.89. The number of hydrogen-bond acceptors (Lipinski definition) is 3. The predicted octanol–water partition coefficient (Wildman–Crippen LogP) is 1.65. The van der Waals surface area contributed by atoms with Gasteiger partial charge in [0.25, 0.3) is 5.56 Å². The maximum Gasteiger partial charge on any atom is 0.319 e. The number of halogens is 2. The fourth-order valence-corrected chi connectivity index (χ4v) is 1.76. The van der Waals surface area contributed by atoms with Crippen LogP contribution in [0.2, 0.25) is 0 Å². The molecule has 0 bridgehead atoms. The molecule has 0 aliphatic heterocycles. The van der Waals surface area contributed by atoms with Crippen LogP contribution in [0.25, 0.3) is 0 Å². The van der Waals surface area contributed by atoms with Crippen molar-refractivity contribution in [3.63, 3.8) is 0 Å². The summed E-state index contributed by atoms with van der Waals surface area (Å²) in [6.07, 6.45) is 2.84. The van der Waals surface area contributed by atoms with E-state index in [0.717, 1.165) is 12.1 Å². The van der Waals surface area contributed by atoms with Crippen molar-refractivity contribution in [1.29, 1.82) is 0 Å². The Morgan fingerprint density at radius 2 is 2.09 bits per heavy atom. The van der Waals surface area contributed by atoms with Gasteiger partial charge in [0.05, 0.1) is 6.33 Å². The lowest BCUT2D eigenvalue weighted by Crippen LogP contribution is -2.34. The zero-order chi connectivity index (χ0) is 16.1. The van der Waals surface area contributed by atoms with E-state index in [9.17, 15) is 18.4 Å². The first kappa shape index (κ1) is 15.6. The molecule has 1 aromatic carbocycles. The molecule has 1 aromatic heterocycles. The van der Waals surface area contributed by atoms with Crippen LogP contribution in [0.3, 0.4) is 0 Å². The van der Waals surface area contributed by atoms with E-state index in [1.54, 1.807) is 6.92 Å². The van der Waals surface area contributed by atoms with Crippen LogP contribution in [0.1, 0.15) is 5.56 Å². The minimum absolute atomic E-state index is 0.130. The Balaban J connectivity index is 1.86. The number of anilines is 1. The van der Waals surface area contributed by atoms with E-state index < -0.39 is 17.7 Å². The van der Waals surface area contributed by atoms with Crippen LogP contribution < -0.4 is 16.2 Å². The third-order valence-corrected chi connectivity index (χ3v) is 2.89. The van der Waals surface area contributed by atoms with Crippen LogP contribution in [0, 0.1) is 18.6 Å². The molecule has 6 nitrogen and oxygen atoms in total. The Morgan fingerprint density at radius 1 is 1.32 bits per heavy atom. The predicted molar refractivity (Wildman–Crippen MR) is 76.6 cm³/mol. The Bertz CT molecular complexity index is 746. The highest BCUT2D eigenvalue weighted by atomic mass is 19.2. The van der Waals surface area contributed by atoms with Crippen molar-refractivity contribution in [2.75, 3.05) is 11.9 Å². The molecule has 2 amide bonds. The monoisotopic (exact) mass is 308 g/mol. The van der Waals surface area contributed by atoms with Gasteiger partial charge in [0.2, 0.25) is 0 Å². The average Bonchev–Trinajstić information content (AvgIpc) is 2.47. The highest BCUT2D eigenvalue weighted by Gasteiger charge is 2.06. The van der Waals surface area contributed by atoms with Gasteiger partial charge in [-0.1, -0.05) is 0 Å². The SMILES string of the molecule is Cc1cncn(CCNC(=O)Nc2ccc(F)c(F)c2)c1=O. The standard InChI is InChI=1S/C14H14F2N4O2/c1-9-7-17-8-20(13(9)21)5-4-18-14(22)19-10-2-3-11(15)12(16)6-10/h2-3,6-8H,4-5H2,1H3,(H2,18,19,22). The molecule has 1 heterocycles. The lowest BCUT2D eigenvalue weighted by atomic mass is 10.3. The smallest absolute Gasteiger partial charge is 0.319 e. The lowest BCUT2D eigenvalue weighted by Gasteiger charge is -2.09. The first-order chi connectivity index (χ1) is 10.5. The van der Waals surface area contributed by atoms with Crippen LogP contribution in [0.15, 0.2) is 35.5 Å². The fraction of sp³-hybridized carbons (Fsp3) is 0.214. The molecule has 0 aliphatic carbocycles. The van der Waals surface area contributed by atoms with Crippen molar-refractivity contribution in [1.82, 2.24) is 14.9 Å². The summed E-state index contributed by atoms with van der Waals surface area (Å²) in [5.41, 5.74) is 0.456. The van der Waals surface area contributed by atoms with Crippen molar-refractivity contribution in [2.24, 2.45) is 0 Å². The Hall–Kier alpha value is -2.77. The molecular weight excluding hydrogens is 294 g/mol. The molecule has 0 unspecified atom stereocenters. The van der Waals surface area contributed by atoms with Crippen molar-refractivity contribution in [3.8, 4) is 0 Å². The third kappa shape index (κ3) is 3.87. The molecule has 0 saturated heterocycles. The maximum atomic E-state index is 13.0. The molecule has 0 saturated carbocycles. The zero-order valence-corrected chi connectivity index (χ0v) is 11.8. The number of aromatic nitrogens is 2. The largest absolute Gasteiger partial charge is 0.336 e. The van der Waals surface area contributed by atoms with Gasteiger partial charge in [-0.05, 0) is 19.1 Å². The molecule has 116 valence electrons.